The summed E-state index contributed by atoms with van der Waals surface area (Å²) in [5.41, 5.74) is 0. The van der Waals surface area contributed by atoms with Gasteiger partial charge < -0.3 is 5.11 Å². The third-order valence-corrected chi connectivity index (χ3v) is 0.712. The summed E-state index contributed by atoms with van der Waals surface area (Å²) in [5, 5.41) is 8.58. The quantitative estimate of drug-likeness (QED) is 0.623. The highest BCUT2D eigenvalue weighted by molar-refractivity contribution is 6.29. The Labute approximate surface area is 52.8 Å². The highest BCUT2D eigenvalue weighted by Crippen LogP contribution is 1.98. The van der Waals surface area contributed by atoms with Crippen molar-refractivity contribution < 1.29 is 9.90 Å². The van der Waals surface area contributed by atoms with Crippen molar-refractivity contribution in [3.8, 4) is 0 Å². The van der Waals surface area contributed by atoms with Crippen LogP contribution < -0.4 is 0 Å². The van der Waals surface area contributed by atoms with E-state index in [1.165, 1.54) is 6.08 Å². The van der Waals surface area contributed by atoms with Gasteiger partial charge in [0.05, 0.1) is 6.42 Å². The third-order valence-electron chi connectivity index (χ3n) is 0.558. The van der Waals surface area contributed by atoms with Crippen LogP contribution in [0, 0.1) is 0 Å². The first kappa shape index (κ1) is 7.50. The van der Waals surface area contributed by atoms with Crippen LogP contribution in [0.2, 0.25) is 0 Å². The van der Waals surface area contributed by atoms with E-state index in [-0.39, 0.29) is 6.42 Å². The van der Waals surface area contributed by atoms with E-state index in [0.29, 0.717) is 5.03 Å². The van der Waals surface area contributed by atoms with Gasteiger partial charge in [-0.15, -0.1) is 0 Å². The third kappa shape index (κ3) is 5.50. The van der Waals surface area contributed by atoms with Gasteiger partial charge in [-0.1, -0.05) is 17.7 Å². The molecule has 3 heteroatoms. The van der Waals surface area contributed by atoms with Crippen LogP contribution in [0.4, 0.5) is 0 Å². The molecule has 0 atom stereocenters. The predicted molar refractivity (Wildman–Crippen MR) is 31.9 cm³/mol. The molecule has 0 saturated carbocycles. The van der Waals surface area contributed by atoms with Crippen LogP contribution in [0.3, 0.4) is 0 Å². The smallest absolute Gasteiger partial charge is 0.307 e. The van der Waals surface area contributed by atoms with Crippen molar-refractivity contribution >= 4 is 17.6 Å². The van der Waals surface area contributed by atoms with Crippen molar-refractivity contribution in [1.82, 2.24) is 0 Å². The fourth-order valence-corrected chi connectivity index (χ4v) is 0.305. The summed E-state index contributed by atoms with van der Waals surface area (Å²) in [4.78, 5) is 9.80. The highest BCUT2D eigenvalue weighted by Gasteiger charge is 1.89. The topological polar surface area (TPSA) is 37.3 Å². The molecule has 0 aromatic carbocycles. The maximum atomic E-state index is 9.80. The average molecular weight is 135 g/mol. The molecule has 0 spiro atoms. The molecular formula is C5H7ClO2. The minimum Gasteiger partial charge on any atom is -0.481 e. The summed E-state index contributed by atoms with van der Waals surface area (Å²) >= 11 is 5.32. The van der Waals surface area contributed by atoms with Gasteiger partial charge in [-0.3, -0.25) is 4.79 Å². The summed E-state index contributed by atoms with van der Waals surface area (Å²) in [6, 6.07) is 0. The van der Waals surface area contributed by atoms with Crippen molar-refractivity contribution in [3.63, 3.8) is 0 Å². The SMILES string of the molecule is CC(Cl)=CCC(=O)O. The summed E-state index contributed by atoms with van der Waals surface area (Å²) in [6.45, 7) is 1.64. The second-order valence-corrected chi connectivity index (χ2v) is 1.98. The van der Waals surface area contributed by atoms with Gasteiger partial charge in [0.2, 0.25) is 0 Å². The van der Waals surface area contributed by atoms with E-state index in [0.717, 1.165) is 0 Å². The molecule has 0 radical (unpaired) electrons. The highest BCUT2D eigenvalue weighted by atomic mass is 35.5. The molecule has 0 aromatic heterocycles. The molecule has 0 amide bonds. The summed E-state index contributed by atoms with van der Waals surface area (Å²) < 4.78 is 0. The van der Waals surface area contributed by atoms with E-state index < -0.39 is 5.97 Å². The number of rotatable bonds is 2. The monoisotopic (exact) mass is 134 g/mol. The summed E-state index contributed by atoms with van der Waals surface area (Å²) in [7, 11) is 0. The summed E-state index contributed by atoms with van der Waals surface area (Å²) in [5.74, 6) is -0.856. The molecule has 0 aromatic rings. The first-order valence-electron chi connectivity index (χ1n) is 2.17. The van der Waals surface area contributed by atoms with Crippen LogP contribution in [-0.2, 0) is 4.79 Å². The molecule has 0 aliphatic rings. The second kappa shape index (κ2) is 3.50. The Hall–Kier alpha value is -0.500. The summed E-state index contributed by atoms with van der Waals surface area (Å²) in [6.07, 6.45) is 1.46. The molecule has 0 bridgehead atoms. The van der Waals surface area contributed by atoms with Crippen LogP contribution in [0.1, 0.15) is 13.3 Å². The van der Waals surface area contributed by atoms with Crippen LogP contribution in [0.15, 0.2) is 11.1 Å². The normalized spacial score (nSPS) is 11.5. The van der Waals surface area contributed by atoms with E-state index in [1.54, 1.807) is 6.92 Å². The van der Waals surface area contributed by atoms with Crippen LogP contribution in [-0.4, -0.2) is 11.1 Å². The molecule has 0 saturated heterocycles. The standard InChI is InChI=1S/C5H7ClO2/c1-4(6)2-3-5(7)8/h2H,3H2,1H3,(H,7,8). The largest absolute Gasteiger partial charge is 0.481 e. The minimum absolute atomic E-state index is 0.00926. The van der Waals surface area contributed by atoms with Gasteiger partial charge in [-0.05, 0) is 6.92 Å². The number of aliphatic carboxylic acids is 1. The van der Waals surface area contributed by atoms with Gasteiger partial charge in [0.25, 0.3) is 0 Å². The molecule has 0 rings (SSSR count). The average Bonchev–Trinajstić information content (AvgIpc) is 1.61. The number of hydrogen-bond donors (Lipinski definition) is 1. The first-order valence-corrected chi connectivity index (χ1v) is 2.55. The Morgan fingerprint density at radius 2 is 2.38 bits per heavy atom. The zero-order chi connectivity index (χ0) is 6.57. The zero-order valence-corrected chi connectivity index (χ0v) is 5.27. The predicted octanol–water partition coefficient (Wildman–Crippen LogP) is 1.60. The van der Waals surface area contributed by atoms with E-state index in [9.17, 15) is 4.79 Å². The molecule has 1 N–H and O–H groups in total. The molecule has 0 heterocycles. The van der Waals surface area contributed by atoms with E-state index in [1.807, 2.05) is 0 Å². The second-order valence-electron chi connectivity index (χ2n) is 1.39. The van der Waals surface area contributed by atoms with Crippen molar-refractivity contribution in [2.24, 2.45) is 0 Å². The number of hydrogen-bond acceptors (Lipinski definition) is 1. The van der Waals surface area contributed by atoms with Crippen LogP contribution in [0.25, 0.3) is 0 Å². The van der Waals surface area contributed by atoms with Crippen molar-refractivity contribution in [2.75, 3.05) is 0 Å². The van der Waals surface area contributed by atoms with Crippen molar-refractivity contribution in [2.45, 2.75) is 13.3 Å². The Bertz CT molecular complexity index is 114. The lowest BCUT2D eigenvalue weighted by molar-refractivity contribution is -0.136. The number of carboxylic acids is 1. The fraction of sp³-hybridized carbons (Fsp3) is 0.400. The molecule has 46 valence electrons. The Morgan fingerprint density at radius 3 is 2.50 bits per heavy atom. The minimum atomic E-state index is -0.856. The van der Waals surface area contributed by atoms with Gasteiger partial charge in [0.15, 0.2) is 0 Å². The van der Waals surface area contributed by atoms with Crippen molar-refractivity contribution in [3.05, 3.63) is 11.1 Å². The van der Waals surface area contributed by atoms with Gasteiger partial charge >= 0.3 is 5.97 Å². The zero-order valence-electron chi connectivity index (χ0n) is 4.52. The molecule has 8 heavy (non-hydrogen) atoms. The maximum Gasteiger partial charge on any atom is 0.307 e. The molecule has 0 aliphatic heterocycles. The molecule has 2 nitrogen and oxygen atoms in total. The molecule has 0 aliphatic carbocycles. The lowest BCUT2D eigenvalue weighted by Crippen LogP contribution is -1.89. The van der Waals surface area contributed by atoms with Crippen molar-refractivity contribution in [1.29, 1.82) is 0 Å². The maximum absolute atomic E-state index is 9.80. The first-order chi connectivity index (χ1) is 3.63. The number of allylic oxidation sites excluding steroid dienone is 1. The molecule has 0 fully saturated rings. The lowest BCUT2D eigenvalue weighted by atomic mass is 10.4. The van der Waals surface area contributed by atoms with E-state index in [2.05, 4.69) is 0 Å². The van der Waals surface area contributed by atoms with E-state index >= 15 is 0 Å². The Kier molecular flexibility index (Phi) is 3.28. The van der Waals surface area contributed by atoms with Gasteiger partial charge in [-0.25, -0.2) is 0 Å². The van der Waals surface area contributed by atoms with Crippen LogP contribution >= 0.6 is 11.6 Å². The van der Waals surface area contributed by atoms with Gasteiger partial charge in [-0.2, -0.15) is 0 Å². The van der Waals surface area contributed by atoms with Crippen LogP contribution in [0.5, 0.6) is 0 Å². The number of carboxylic acid groups (broad SMARTS) is 1. The molecular weight excluding hydrogens is 128 g/mol. The lowest BCUT2D eigenvalue weighted by Gasteiger charge is -1.82. The van der Waals surface area contributed by atoms with Gasteiger partial charge in [0, 0.05) is 5.03 Å². The number of halogens is 1. The van der Waals surface area contributed by atoms with Gasteiger partial charge in [0.1, 0.15) is 0 Å². The Morgan fingerprint density at radius 1 is 1.88 bits per heavy atom. The van der Waals surface area contributed by atoms with E-state index in [4.69, 9.17) is 16.7 Å². The number of carbonyl (C=O) groups is 1. The molecule has 0 unspecified atom stereocenters. The Balaban J connectivity index is 3.45. The fourth-order valence-electron chi connectivity index (χ4n) is 0.228.